The van der Waals surface area contributed by atoms with E-state index in [-0.39, 0.29) is 0 Å². The van der Waals surface area contributed by atoms with Gasteiger partial charge in [0.25, 0.3) is 0 Å². The summed E-state index contributed by atoms with van der Waals surface area (Å²) in [5.41, 5.74) is 8.94. The lowest BCUT2D eigenvalue weighted by atomic mass is 10.2. The Balaban J connectivity index is 2.54. The summed E-state index contributed by atoms with van der Waals surface area (Å²) in [6.45, 7) is 4.08. The minimum atomic E-state index is 0.656. The first kappa shape index (κ1) is 9.71. The zero-order chi connectivity index (χ0) is 10.8. The molecule has 4 heteroatoms. The summed E-state index contributed by atoms with van der Waals surface area (Å²) in [6, 6.07) is 3.84. The van der Waals surface area contributed by atoms with Crippen LogP contribution in [0, 0.1) is 6.92 Å². The number of nitrogens with zero attached hydrogens (tertiary/aromatic N) is 3. The first-order valence-corrected chi connectivity index (χ1v) is 4.97. The third kappa shape index (κ3) is 1.70. The summed E-state index contributed by atoms with van der Waals surface area (Å²) in [5.74, 6) is 0.656. The maximum Gasteiger partial charge on any atom is 0.127 e. The van der Waals surface area contributed by atoms with Gasteiger partial charge in [-0.25, -0.2) is 4.68 Å². The van der Waals surface area contributed by atoms with E-state index in [1.165, 1.54) is 0 Å². The van der Waals surface area contributed by atoms with E-state index in [9.17, 15) is 0 Å². The topological polar surface area (TPSA) is 56.7 Å². The van der Waals surface area contributed by atoms with Crippen molar-refractivity contribution in [3.05, 3.63) is 35.8 Å². The predicted octanol–water partition coefficient (Wildman–Crippen LogP) is 1.72. The molecule has 0 unspecified atom stereocenters. The fraction of sp³-hybridized carbons (Fsp3) is 0.273. The molecule has 0 atom stereocenters. The second-order valence-electron chi connectivity index (χ2n) is 3.49. The Bertz CT molecular complexity index is 473. The maximum atomic E-state index is 5.89. The maximum absolute atomic E-state index is 5.89. The molecule has 0 bridgehead atoms. The number of hydrogen-bond donors (Lipinski definition) is 1. The molecule has 0 radical (unpaired) electrons. The van der Waals surface area contributed by atoms with Crippen LogP contribution < -0.4 is 5.73 Å². The van der Waals surface area contributed by atoms with Gasteiger partial charge in [0.1, 0.15) is 5.82 Å². The third-order valence-corrected chi connectivity index (χ3v) is 2.39. The fourth-order valence-corrected chi connectivity index (χ4v) is 1.49. The van der Waals surface area contributed by atoms with Crippen LogP contribution in [0.3, 0.4) is 0 Å². The normalized spacial score (nSPS) is 10.5. The first-order chi connectivity index (χ1) is 7.22. The van der Waals surface area contributed by atoms with E-state index < -0.39 is 0 Å². The molecule has 78 valence electrons. The second kappa shape index (κ2) is 3.73. The standard InChI is InChI=1S/C11H14N4/c1-3-9-6-11(12)15(14-9)10-7-13-5-4-8(10)2/h4-7H,3,12H2,1-2H3. The molecule has 4 nitrogen and oxygen atoms in total. The number of nitrogen functional groups attached to an aromatic ring is 1. The summed E-state index contributed by atoms with van der Waals surface area (Å²) >= 11 is 0. The number of aromatic nitrogens is 3. The van der Waals surface area contributed by atoms with E-state index in [0.717, 1.165) is 23.4 Å². The van der Waals surface area contributed by atoms with Crippen LogP contribution in [0.2, 0.25) is 0 Å². The van der Waals surface area contributed by atoms with Crippen molar-refractivity contribution in [2.75, 3.05) is 5.73 Å². The first-order valence-electron chi connectivity index (χ1n) is 4.97. The molecule has 15 heavy (non-hydrogen) atoms. The molecule has 0 aliphatic carbocycles. The number of aryl methyl sites for hydroxylation is 2. The van der Waals surface area contributed by atoms with Crippen molar-refractivity contribution in [1.29, 1.82) is 0 Å². The largest absolute Gasteiger partial charge is 0.384 e. The van der Waals surface area contributed by atoms with Crippen molar-refractivity contribution in [1.82, 2.24) is 14.8 Å². The Morgan fingerprint density at radius 1 is 1.47 bits per heavy atom. The number of nitrogens with two attached hydrogens (primary N) is 1. The van der Waals surface area contributed by atoms with Crippen molar-refractivity contribution in [2.24, 2.45) is 0 Å². The SMILES string of the molecule is CCc1cc(N)n(-c2cnccc2C)n1. The van der Waals surface area contributed by atoms with Gasteiger partial charge in [-0.3, -0.25) is 4.98 Å². The highest BCUT2D eigenvalue weighted by atomic mass is 15.3. The van der Waals surface area contributed by atoms with Crippen LogP contribution in [0.15, 0.2) is 24.5 Å². The van der Waals surface area contributed by atoms with Crippen LogP contribution in [-0.4, -0.2) is 14.8 Å². The highest BCUT2D eigenvalue weighted by molar-refractivity contribution is 5.45. The molecule has 2 aromatic rings. The minimum Gasteiger partial charge on any atom is -0.384 e. The summed E-state index contributed by atoms with van der Waals surface area (Å²) in [6.07, 6.45) is 4.42. The van der Waals surface area contributed by atoms with E-state index in [2.05, 4.69) is 17.0 Å². The molecule has 0 aliphatic heterocycles. The third-order valence-electron chi connectivity index (χ3n) is 2.39. The van der Waals surface area contributed by atoms with E-state index >= 15 is 0 Å². The monoisotopic (exact) mass is 202 g/mol. The van der Waals surface area contributed by atoms with Crippen LogP contribution in [-0.2, 0) is 6.42 Å². The molecular weight excluding hydrogens is 188 g/mol. The molecular formula is C11H14N4. The van der Waals surface area contributed by atoms with Gasteiger partial charge in [-0.05, 0) is 25.0 Å². The van der Waals surface area contributed by atoms with Crippen LogP contribution in [0.25, 0.3) is 5.69 Å². The smallest absolute Gasteiger partial charge is 0.127 e. The molecule has 0 saturated heterocycles. The summed E-state index contributed by atoms with van der Waals surface area (Å²) in [7, 11) is 0. The van der Waals surface area contributed by atoms with Crippen molar-refractivity contribution < 1.29 is 0 Å². The lowest BCUT2D eigenvalue weighted by molar-refractivity contribution is 0.838. The average Bonchev–Trinajstić information content (AvgIpc) is 2.60. The van der Waals surface area contributed by atoms with Gasteiger partial charge in [0, 0.05) is 12.3 Å². The van der Waals surface area contributed by atoms with Gasteiger partial charge in [0.05, 0.1) is 17.6 Å². The van der Waals surface area contributed by atoms with Gasteiger partial charge < -0.3 is 5.73 Å². The predicted molar refractivity (Wildman–Crippen MR) is 59.9 cm³/mol. The molecule has 2 rings (SSSR count). The fourth-order valence-electron chi connectivity index (χ4n) is 1.49. The van der Waals surface area contributed by atoms with E-state index in [1.807, 2.05) is 19.1 Å². The van der Waals surface area contributed by atoms with Gasteiger partial charge in [-0.1, -0.05) is 6.92 Å². The Kier molecular flexibility index (Phi) is 2.41. The van der Waals surface area contributed by atoms with Gasteiger partial charge in [-0.2, -0.15) is 5.10 Å². The number of pyridine rings is 1. The quantitative estimate of drug-likeness (QED) is 0.806. The number of anilines is 1. The lowest BCUT2D eigenvalue weighted by Crippen LogP contribution is -2.04. The summed E-state index contributed by atoms with van der Waals surface area (Å²) in [5, 5.41) is 4.41. The highest BCUT2D eigenvalue weighted by Gasteiger charge is 2.07. The Labute approximate surface area is 88.8 Å². The van der Waals surface area contributed by atoms with Gasteiger partial charge in [0.2, 0.25) is 0 Å². The summed E-state index contributed by atoms with van der Waals surface area (Å²) < 4.78 is 1.74. The Morgan fingerprint density at radius 3 is 2.87 bits per heavy atom. The molecule has 2 heterocycles. The zero-order valence-corrected chi connectivity index (χ0v) is 8.94. The molecule has 0 saturated carbocycles. The Hall–Kier alpha value is -1.84. The van der Waals surface area contributed by atoms with E-state index in [1.54, 1.807) is 17.1 Å². The molecule has 0 spiro atoms. The average molecular weight is 202 g/mol. The van der Waals surface area contributed by atoms with Gasteiger partial charge in [0.15, 0.2) is 0 Å². The van der Waals surface area contributed by atoms with Crippen LogP contribution in [0.1, 0.15) is 18.2 Å². The van der Waals surface area contributed by atoms with Crippen molar-refractivity contribution in [3.63, 3.8) is 0 Å². The molecule has 2 N–H and O–H groups in total. The van der Waals surface area contributed by atoms with E-state index in [0.29, 0.717) is 5.82 Å². The highest BCUT2D eigenvalue weighted by Crippen LogP contribution is 2.16. The van der Waals surface area contributed by atoms with E-state index in [4.69, 9.17) is 5.73 Å². The van der Waals surface area contributed by atoms with Crippen molar-refractivity contribution >= 4 is 5.82 Å². The number of rotatable bonds is 2. The molecule has 0 aromatic carbocycles. The van der Waals surface area contributed by atoms with Crippen LogP contribution >= 0.6 is 0 Å². The van der Waals surface area contributed by atoms with Crippen molar-refractivity contribution in [3.8, 4) is 5.69 Å². The molecule has 0 fully saturated rings. The molecule has 0 amide bonds. The molecule has 2 aromatic heterocycles. The summed E-state index contributed by atoms with van der Waals surface area (Å²) in [4.78, 5) is 4.08. The minimum absolute atomic E-state index is 0.656. The van der Waals surface area contributed by atoms with Gasteiger partial charge >= 0.3 is 0 Å². The molecule has 0 aliphatic rings. The van der Waals surface area contributed by atoms with Crippen LogP contribution in [0.5, 0.6) is 0 Å². The van der Waals surface area contributed by atoms with Crippen molar-refractivity contribution in [2.45, 2.75) is 20.3 Å². The zero-order valence-electron chi connectivity index (χ0n) is 8.94. The lowest BCUT2D eigenvalue weighted by Gasteiger charge is -2.05. The van der Waals surface area contributed by atoms with Crippen LogP contribution in [0.4, 0.5) is 5.82 Å². The second-order valence-corrected chi connectivity index (χ2v) is 3.49. The van der Waals surface area contributed by atoms with Gasteiger partial charge in [-0.15, -0.1) is 0 Å². The number of hydrogen-bond acceptors (Lipinski definition) is 3. The Morgan fingerprint density at radius 2 is 2.27 bits per heavy atom.